The fraction of sp³-hybridized carbons (Fsp3) is 0.714. The molecule has 0 bridgehead atoms. The largest absolute Gasteiger partial charge is 0.416 e. The molecule has 8 heteroatoms. The van der Waals surface area contributed by atoms with Crippen molar-refractivity contribution in [1.29, 1.82) is 0 Å². The molecule has 0 atom stereocenters. The highest BCUT2D eigenvalue weighted by molar-refractivity contribution is 6.72. The van der Waals surface area contributed by atoms with Gasteiger partial charge >= 0.3 is 0 Å². The summed E-state index contributed by atoms with van der Waals surface area (Å²) in [6, 6.07) is 3.14. The summed E-state index contributed by atoms with van der Waals surface area (Å²) in [6.07, 6.45) is 2.62. The Kier molecular flexibility index (Phi) is 13.3. The predicted octanol–water partition coefficient (Wildman–Crippen LogP) is 3.89. The minimum atomic E-state index is -1.67. The predicted molar refractivity (Wildman–Crippen MR) is 126 cm³/mol. The number of amides is 2. The molecule has 0 unspecified atom stereocenters. The van der Waals surface area contributed by atoms with Crippen molar-refractivity contribution < 1.29 is 18.4 Å². The molecule has 0 aliphatic rings. The van der Waals surface area contributed by atoms with Crippen LogP contribution in [0.4, 0.5) is 0 Å². The lowest BCUT2D eigenvalue weighted by Gasteiger charge is -2.30. The van der Waals surface area contributed by atoms with Crippen LogP contribution < -0.4 is 0 Å². The van der Waals surface area contributed by atoms with Gasteiger partial charge in [-0.2, -0.15) is 0 Å². The molecule has 0 rings (SSSR count). The topological polar surface area (TPSA) is 59.1 Å². The number of carbonyl (C=O) groups excluding carboxylic acids is 2. The first-order chi connectivity index (χ1) is 13.6. The molecule has 0 heterocycles. The second-order valence-corrected chi connectivity index (χ2v) is 17.1. The Labute approximate surface area is 180 Å². The quantitative estimate of drug-likeness (QED) is 0.269. The summed E-state index contributed by atoms with van der Waals surface area (Å²) >= 11 is 0. The smallest absolute Gasteiger partial charge is 0.246 e. The van der Waals surface area contributed by atoms with E-state index in [4.69, 9.17) is 8.85 Å². The molecule has 0 aliphatic carbocycles. The van der Waals surface area contributed by atoms with Crippen LogP contribution in [0.25, 0.3) is 0 Å². The normalized spacial score (nSPS) is 11.8. The first-order valence-corrected chi connectivity index (χ1v) is 16.6. The van der Waals surface area contributed by atoms with Crippen LogP contribution in [-0.2, 0) is 18.4 Å². The van der Waals surface area contributed by atoms with Crippen molar-refractivity contribution in [2.45, 2.75) is 58.5 Å². The molecular formula is C21H42N2O4Si2. The SMILES string of the molecule is C=CC(=O)N(CCO[Si](C)(C)CC)CCN(CCO[Si](C)(CC)CC)C(=O)C=C. The monoisotopic (exact) mass is 442 g/mol. The molecule has 0 radical (unpaired) electrons. The fourth-order valence-electron chi connectivity index (χ4n) is 2.55. The van der Waals surface area contributed by atoms with Gasteiger partial charge in [0.25, 0.3) is 0 Å². The summed E-state index contributed by atoms with van der Waals surface area (Å²) in [5, 5.41) is 0. The first-order valence-electron chi connectivity index (χ1n) is 10.7. The molecule has 0 N–H and O–H groups in total. The van der Waals surface area contributed by atoms with Crippen molar-refractivity contribution in [1.82, 2.24) is 9.80 Å². The van der Waals surface area contributed by atoms with E-state index in [9.17, 15) is 9.59 Å². The minimum absolute atomic E-state index is 0.147. The summed E-state index contributed by atoms with van der Waals surface area (Å²) in [5.74, 6) is -0.296. The van der Waals surface area contributed by atoms with Crippen molar-refractivity contribution in [3.8, 4) is 0 Å². The average molecular weight is 443 g/mol. The summed E-state index contributed by atoms with van der Waals surface area (Å²) in [6.45, 7) is 23.1. The van der Waals surface area contributed by atoms with Gasteiger partial charge in [-0.3, -0.25) is 9.59 Å². The van der Waals surface area contributed by atoms with Crippen LogP contribution in [0.15, 0.2) is 25.3 Å². The minimum Gasteiger partial charge on any atom is -0.416 e. The molecule has 6 nitrogen and oxygen atoms in total. The van der Waals surface area contributed by atoms with Gasteiger partial charge in [0.1, 0.15) is 0 Å². The molecule has 168 valence electrons. The van der Waals surface area contributed by atoms with Gasteiger partial charge in [-0.25, -0.2) is 0 Å². The lowest BCUT2D eigenvalue weighted by atomic mass is 10.3. The van der Waals surface area contributed by atoms with Gasteiger partial charge in [0.2, 0.25) is 11.8 Å². The lowest BCUT2D eigenvalue weighted by molar-refractivity contribution is -0.130. The summed E-state index contributed by atoms with van der Waals surface area (Å²) in [5.41, 5.74) is 0. The Morgan fingerprint density at radius 1 is 0.759 bits per heavy atom. The van der Waals surface area contributed by atoms with Crippen molar-refractivity contribution in [3.05, 3.63) is 25.3 Å². The number of nitrogens with zero attached hydrogens (tertiary/aromatic N) is 2. The number of hydrogen-bond acceptors (Lipinski definition) is 4. The number of hydrogen-bond donors (Lipinski definition) is 0. The van der Waals surface area contributed by atoms with Gasteiger partial charge in [0.15, 0.2) is 16.6 Å². The van der Waals surface area contributed by atoms with E-state index in [2.05, 4.69) is 53.6 Å². The third-order valence-corrected chi connectivity index (χ3v) is 12.2. The molecule has 0 spiro atoms. The van der Waals surface area contributed by atoms with Crippen LogP contribution in [0.5, 0.6) is 0 Å². The van der Waals surface area contributed by atoms with Crippen molar-refractivity contribution in [2.75, 3.05) is 39.4 Å². The Bertz CT molecular complexity index is 537. The van der Waals surface area contributed by atoms with Crippen LogP contribution in [0.1, 0.15) is 20.8 Å². The zero-order valence-corrected chi connectivity index (χ0v) is 21.5. The highest BCUT2D eigenvalue weighted by atomic mass is 28.4. The molecule has 0 saturated carbocycles. The molecule has 29 heavy (non-hydrogen) atoms. The molecule has 0 aromatic heterocycles. The Morgan fingerprint density at radius 2 is 1.17 bits per heavy atom. The lowest BCUT2D eigenvalue weighted by Crippen LogP contribution is -2.44. The van der Waals surface area contributed by atoms with Crippen molar-refractivity contribution in [2.24, 2.45) is 0 Å². The zero-order chi connectivity index (χ0) is 22.5. The van der Waals surface area contributed by atoms with Gasteiger partial charge < -0.3 is 18.7 Å². The molecule has 0 fully saturated rings. The van der Waals surface area contributed by atoms with Gasteiger partial charge in [0.05, 0.1) is 13.2 Å². The summed E-state index contributed by atoms with van der Waals surface area (Å²) in [4.78, 5) is 27.9. The van der Waals surface area contributed by atoms with Gasteiger partial charge in [-0.05, 0) is 49.9 Å². The first kappa shape index (κ1) is 27.8. The maximum absolute atomic E-state index is 12.3. The highest BCUT2D eigenvalue weighted by Crippen LogP contribution is 2.16. The molecular weight excluding hydrogens is 400 g/mol. The van der Waals surface area contributed by atoms with Crippen LogP contribution in [0.3, 0.4) is 0 Å². The van der Waals surface area contributed by atoms with Crippen LogP contribution in [0.2, 0.25) is 37.8 Å². The molecule has 0 aliphatic heterocycles. The van der Waals surface area contributed by atoms with E-state index in [1.54, 1.807) is 9.80 Å². The number of carbonyl (C=O) groups is 2. The van der Waals surface area contributed by atoms with Gasteiger partial charge in [-0.15, -0.1) is 0 Å². The van der Waals surface area contributed by atoms with Crippen LogP contribution in [0, 0.1) is 0 Å². The van der Waals surface area contributed by atoms with E-state index >= 15 is 0 Å². The van der Waals surface area contributed by atoms with Crippen LogP contribution >= 0.6 is 0 Å². The maximum atomic E-state index is 12.3. The zero-order valence-electron chi connectivity index (χ0n) is 19.5. The van der Waals surface area contributed by atoms with Gasteiger partial charge in [-0.1, -0.05) is 33.9 Å². The van der Waals surface area contributed by atoms with Crippen molar-refractivity contribution >= 4 is 28.4 Å². The van der Waals surface area contributed by atoms with Gasteiger partial charge in [0, 0.05) is 26.2 Å². The summed E-state index contributed by atoms with van der Waals surface area (Å²) < 4.78 is 12.1. The molecule has 0 aromatic carbocycles. The molecule has 0 aromatic rings. The van der Waals surface area contributed by atoms with E-state index in [0.717, 1.165) is 18.1 Å². The molecule has 0 saturated heterocycles. The molecule has 2 amide bonds. The second-order valence-electron chi connectivity index (χ2n) is 8.03. The third kappa shape index (κ3) is 10.9. The highest BCUT2D eigenvalue weighted by Gasteiger charge is 2.25. The average Bonchev–Trinajstić information content (AvgIpc) is 2.73. The van der Waals surface area contributed by atoms with E-state index in [0.29, 0.717) is 39.4 Å². The van der Waals surface area contributed by atoms with E-state index in [1.807, 2.05) is 0 Å². The second kappa shape index (κ2) is 13.9. The van der Waals surface area contributed by atoms with E-state index < -0.39 is 16.6 Å². The Morgan fingerprint density at radius 3 is 1.52 bits per heavy atom. The fourth-order valence-corrected chi connectivity index (χ4v) is 4.89. The standard InChI is InChI=1S/C21H42N2O4Si2/c1-9-20(24)22(16-18-26-28(6,7)11-3)14-15-23(21(25)10-2)17-19-27-29(8,12-4)13-5/h9-10H,1-2,11-19H2,3-8H3. The van der Waals surface area contributed by atoms with E-state index in [-0.39, 0.29) is 11.8 Å². The number of rotatable bonds is 16. The Balaban J connectivity index is 4.84. The third-order valence-electron chi connectivity index (χ3n) is 5.63. The summed E-state index contributed by atoms with van der Waals surface area (Å²) in [7, 11) is -3.33. The van der Waals surface area contributed by atoms with Crippen LogP contribution in [-0.4, -0.2) is 77.6 Å². The maximum Gasteiger partial charge on any atom is 0.246 e. The Hall–Kier alpha value is -1.23. The van der Waals surface area contributed by atoms with Crippen molar-refractivity contribution in [3.63, 3.8) is 0 Å². The van der Waals surface area contributed by atoms with E-state index in [1.165, 1.54) is 12.2 Å².